The molecule has 1 aromatic rings. The van der Waals surface area contributed by atoms with Gasteiger partial charge in [0.25, 0.3) is 5.91 Å². The number of alkyl halides is 3. The Hall–Kier alpha value is -2.66. The first kappa shape index (κ1) is 27.9. The molecule has 3 heterocycles. The van der Waals surface area contributed by atoms with Gasteiger partial charge >= 0.3 is 18.1 Å². The number of halogens is 3. The summed E-state index contributed by atoms with van der Waals surface area (Å²) in [4.78, 5) is 37.9. The third-order valence-corrected chi connectivity index (χ3v) is 7.18. The van der Waals surface area contributed by atoms with E-state index in [9.17, 15) is 22.8 Å². The third-order valence-electron chi connectivity index (χ3n) is 7.18. The van der Waals surface area contributed by atoms with E-state index in [2.05, 4.69) is 4.90 Å². The first-order chi connectivity index (χ1) is 16.9. The summed E-state index contributed by atoms with van der Waals surface area (Å²) < 4.78 is 42.9. The molecular formula is C25H33F3N2O6. The van der Waals surface area contributed by atoms with Gasteiger partial charge in [-0.1, -0.05) is 17.7 Å². The van der Waals surface area contributed by atoms with E-state index in [0.29, 0.717) is 0 Å². The summed E-state index contributed by atoms with van der Waals surface area (Å²) in [5.41, 5.74) is 2.07. The van der Waals surface area contributed by atoms with Crippen molar-refractivity contribution in [1.82, 2.24) is 9.80 Å². The molecular weight excluding hydrogens is 481 g/mol. The van der Waals surface area contributed by atoms with Crippen LogP contribution in [0.1, 0.15) is 48.0 Å². The first-order valence-electron chi connectivity index (χ1n) is 12.0. The summed E-state index contributed by atoms with van der Waals surface area (Å²) in [5, 5.41) is 7.12. The molecule has 0 aromatic heterocycles. The van der Waals surface area contributed by atoms with Crippen LogP contribution in [0.4, 0.5) is 13.2 Å². The van der Waals surface area contributed by atoms with Crippen LogP contribution in [-0.4, -0.2) is 91.0 Å². The van der Waals surface area contributed by atoms with Crippen LogP contribution in [0.5, 0.6) is 0 Å². The minimum Gasteiger partial charge on any atom is -0.475 e. The zero-order chi connectivity index (χ0) is 26.5. The van der Waals surface area contributed by atoms with Crippen molar-refractivity contribution in [3.05, 3.63) is 35.4 Å². The lowest BCUT2D eigenvalue weighted by Gasteiger charge is -2.38. The lowest BCUT2D eigenvalue weighted by atomic mass is 9.76. The monoisotopic (exact) mass is 514 g/mol. The highest BCUT2D eigenvalue weighted by Crippen LogP contribution is 2.42. The SMILES string of the molecule is COC(=O)C1CCCN1CC1CC2(CCN(C(=O)c3cccc(C)c3)CC2)CO1.O=C(O)C(F)(F)F. The van der Waals surface area contributed by atoms with Crippen LogP contribution in [0.2, 0.25) is 0 Å². The number of aliphatic carboxylic acids is 1. The molecule has 3 aliphatic heterocycles. The Bertz CT molecular complexity index is 946. The van der Waals surface area contributed by atoms with Crippen molar-refractivity contribution >= 4 is 17.8 Å². The molecule has 1 N–H and O–H groups in total. The molecule has 36 heavy (non-hydrogen) atoms. The fraction of sp³-hybridized carbons (Fsp3) is 0.640. The van der Waals surface area contributed by atoms with Crippen LogP contribution in [0, 0.1) is 12.3 Å². The number of carbonyl (C=O) groups excluding carboxylic acids is 2. The number of carboxylic acid groups (broad SMARTS) is 1. The van der Waals surface area contributed by atoms with Gasteiger partial charge in [0.2, 0.25) is 0 Å². The molecule has 3 saturated heterocycles. The molecule has 1 spiro atoms. The number of ether oxygens (including phenoxy) is 2. The van der Waals surface area contributed by atoms with E-state index in [-0.39, 0.29) is 29.4 Å². The van der Waals surface area contributed by atoms with Crippen LogP contribution in [0.3, 0.4) is 0 Å². The molecule has 1 aromatic carbocycles. The van der Waals surface area contributed by atoms with Crippen molar-refractivity contribution in [2.24, 2.45) is 5.41 Å². The molecule has 1 amide bonds. The van der Waals surface area contributed by atoms with Crippen molar-refractivity contribution in [3.63, 3.8) is 0 Å². The summed E-state index contributed by atoms with van der Waals surface area (Å²) >= 11 is 0. The molecule has 0 radical (unpaired) electrons. The summed E-state index contributed by atoms with van der Waals surface area (Å²) in [5.74, 6) is -2.75. The van der Waals surface area contributed by atoms with Gasteiger partial charge in [-0.05, 0) is 63.1 Å². The molecule has 3 aliphatic rings. The number of esters is 1. The maximum Gasteiger partial charge on any atom is 0.490 e. The largest absolute Gasteiger partial charge is 0.490 e. The first-order valence-corrected chi connectivity index (χ1v) is 12.0. The minimum atomic E-state index is -5.08. The Morgan fingerprint density at radius 2 is 1.86 bits per heavy atom. The van der Waals surface area contributed by atoms with Gasteiger partial charge in [0.05, 0.1) is 19.8 Å². The summed E-state index contributed by atoms with van der Waals surface area (Å²) in [6.45, 7) is 6.09. The molecule has 0 bridgehead atoms. The average molecular weight is 515 g/mol. The molecule has 3 fully saturated rings. The Labute approximate surface area is 208 Å². The molecule has 0 aliphatic carbocycles. The zero-order valence-corrected chi connectivity index (χ0v) is 20.6. The highest BCUT2D eigenvalue weighted by molar-refractivity contribution is 5.94. The van der Waals surface area contributed by atoms with Gasteiger partial charge in [0.15, 0.2) is 0 Å². The van der Waals surface area contributed by atoms with Gasteiger partial charge in [0, 0.05) is 25.2 Å². The summed E-state index contributed by atoms with van der Waals surface area (Å²) in [6, 6.07) is 7.72. The van der Waals surface area contributed by atoms with Crippen molar-refractivity contribution < 1.29 is 42.1 Å². The average Bonchev–Trinajstić information content (AvgIpc) is 3.46. The Kier molecular flexibility index (Phi) is 8.99. The summed E-state index contributed by atoms with van der Waals surface area (Å²) in [7, 11) is 1.46. The van der Waals surface area contributed by atoms with Crippen molar-refractivity contribution in [1.29, 1.82) is 0 Å². The number of hydrogen-bond donors (Lipinski definition) is 1. The van der Waals surface area contributed by atoms with E-state index in [1.54, 1.807) is 0 Å². The van der Waals surface area contributed by atoms with Crippen LogP contribution in [0.25, 0.3) is 0 Å². The number of benzene rings is 1. The van der Waals surface area contributed by atoms with Gasteiger partial charge in [-0.15, -0.1) is 0 Å². The number of rotatable bonds is 4. The number of carbonyl (C=O) groups is 3. The summed E-state index contributed by atoms with van der Waals surface area (Å²) in [6.07, 6.45) is -0.0135. The quantitative estimate of drug-likeness (QED) is 0.616. The molecule has 4 rings (SSSR count). The number of methoxy groups -OCH3 is 1. The highest BCUT2D eigenvalue weighted by atomic mass is 19.4. The number of carboxylic acids is 1. The number of piperidine rings is 1. The molecule has 8 nitrogen and oxygen atoms in total. The molecule has 2 unspecified atom stereocenters. The second-order valence-corrected chi connectivity index (χ2v) is 9.78. The Morgan fingerprint density at radius 1 is 1.19 bits per heavy atom. The normalized spacial score (nSPS) is 23.8. The van der Waals surface area contributed by atoms with Crippen LogP contribution >= 0.6 is 0 Å². The smallest absolute Gasteiger partial charge is 0.475 e. The maximum atomic E-state index is 12.8. The third kappa shape index (κ3) is 6.97. The number of likely N-dealkylation sites (tertiary alicyclic amines) is 2. The second-order valence-electron chi connectivity index (χ2n) is 9.78. The lowest BCUT2D eigenvalue weighted by Crippen LogP contribution is -2.44. The minimum absolute atomic E-state index is 0.117. The van der Waals surface area contributed by atoms with E-state index in [0.717, 1.165) is 76.0 Å². The fourth-order valence-electron chi connectivity index (χ4n) is 5.22. The van der Waals surface area contributed by atoms with E-state index in [4.69, 9.17) is 19.4 Å². The molecule has 2 atom stereocenters. The van der Waals surface area contributed by atoms with Crippen molar-refractivity contribution in [3.8, 4) is 0 Å². The van der Waals surface area contributed by atoms with Crippen molar-refractivity contribution in [2.75, 3.05) is 39.9 Å². The number of hydrogen-bond acceptors (Lipinski definition) is 6. The topological polar surface area (TPSA) is 96.4 Å². The van der Waals surface area contributed by atoms with Crippen LogP contribution in [0.15, 0.2) is 24.3 Å². The highest BCUT2D eigenvalue weighted by Gasteiger charge is 2.44. The van der Waals surface area contributed by atoms with E-state index < -0.39 is 12.1 Å². The maximum absolute atomic E-state index is 12.8. The molecule has 200 valence electrons. The number of aryl methyl sites for hydroxylation is 1. The van der Waals surface area contributed by atoms with Crippen molar-refractivity contribution in [2.45, 2.75) is 57.3 Å². The van der Waals surface area contributed by atoms with Crippen LogP contribution < -0.4 is 0 Å². The Balaban J connectivity index is 0.000000454. The van der Waals surface area contributed by atoms with Gasteiger partial charge in [-0.3, -0.25) is 14.5 Å². The van der Waals surface area contributed by atoms with E-state index >= 15 is 0 Å². The Morgan fingerprint density at radius 3 is 2.44 bits per heavy atom. The lowest BCUT2D eigenvalue weighted by molar-refractivity contribution is -0.192. The molecule has 0 saturated carbocycles. The number of nitrogens with zero attached hydrogens (tertiary/aromatic N) is 2. The standard InChI is InChI=1S/C23H32N2O4.C2HF3O2/c1-17-5-3-6-18(13-17)21(26)24-11-8-23(9-12-24)14-19(29-16-23)15-25-10-4-7-20(25)22(27)28-2;3-2(4,5)1(6)7/h3,5-6,13,19-20H,4,7-12,14-16H2,1-2H3;(H,6,7). The molecule has 11 heteroatoms. The number of amides is 1. The predicted molar refractivity (Wildman–Crippen MR) is 123 cm³/mol. The fourth-order valence-corrected chi connectivity index (χ4v) is 5.22. The van der Waals surface area contributed by atoms with Crippen LogP contribution in [-0.2, 0) is 19.1 Å². The van der Waals surface area contributed by atoms with E-state index in [1.807, 2.05) is 36.1 Å². The second kappa shape index (κ2) is 11.6. The van der Waals surface area contributed by atoms with Gasteiger partial charge in [-0.25, -0.2) is 4.79 Å². The van der Waals surface area contributed by atoms with Gasteiger partial charge < -0.3 is 19.5 Å². The predicted octanol–water partition coefficient (Wildman–Crippen LogP) is 3.28. The van der Waals surface area contributed by atoms with E-state index in [1.165, 1.54) is 7.11 Å². The zero-order valence-electron chi connectivity index (χ0n) is 20.6. The van der Waals surface area contributed by atoms with Gasteiger partial charge in [-0.2, -0.15) is 13.2 Å². The van der Waals surface area contributed by atoms with Gasteiger partial charge in [0.1, 0.15) is 6.04 Å².